The lowest BCUT2D eigenvalue weighted by atomic mass is 10.2. The Hall–Kier alpha value is -1.41. The summed E-state index contributed by atoms with van der Waals surface area (Å²) in [7, 11) is -3.06. The van der Waals surface area contributed by atoms with Crippen molar-refractivity contribution >= 4 is 37.6 Å². The Labute approximate surface area is 157 Å². The topological polar surface area (TPSA) is 83.6 Å². The second-order valence-corrected chi connectivity index (χ2v) is 9.33. The van der Waals surface area contributed by atoms with E-state index in [9.17, 15) is 18.0 Å². The second-order valence-electron chi connectivity index (χ2n) is 6.19. The summed E-state index contributed by atoms with van der Waals surface area (Å²) in [5.74, 6) is -0.418. The number of benzene rings is 1. The van der Waals surface area contributed by atoms with Crippen molar-refractivity contribution in [2.45, 2.75) is 32.2 Å². The summed E-state index contributed by atoms with van der Waals surface area (Å²) in [4.78, 5) is 26.3. The van der Waals surface area contributed by atoms with Crippen molar-refractivity contribution in [2.24, 2.45) is 0 Å². The zero-order valence-corrected chi connectivity index (χ0v) is 16.6. The van der Waals surface area contributed by atoms with Crippen molar-refractivity contribution in [3.63, 3.8) is 0 Å². The van der Waals surface area contributed by atoms with Crippen LogP contribution < -0.4 is 5.32 Å². The molecule has 0 saturated carbocycles. The van der Waals surface area contributed by atoms with E-state index in [-0.39, 0.29) is 35.9 Å². The van der Waals surface area contributed by atoms with E-state index in [0.29, 0.717) is 18.5 Å². The third-order valence-electron chi connectivity index (χ3n) is 4.23. The molecule has 1 heterocycles. The molecule has 2 rings (SSSR count). The van der Waals surface area contributed by atoms with Crippen LogP contribution in [0.3, 0.4) is 0 Å². The molecule has 1 saturated heterocycles. The number of halogens is 1. The Morgan fingerprint density at radius 1 is 1.28 bits per heavy atom. The maximum Gasteiger partial charge on any atom is 0.251 e. The lowest BCUT2D eigenvalue weighted by Gasteiger charge is -2.28. The molecule has 0 spiro atoms. The number of amides is 2. The van der Waals surface area contributed by atoms with E-state index < -0.39 is 9.84 Å². The predicted octanol–water partition coefficient (Wildman–Crippen LogP) is 1.99. The quantitative estimate of drug-likeness (QED) is 0.716. The Balaban J connectivity index is 1.96. The highest BCUT2D eigenvalue weighted by atomic mass is 79.9. The Morgan fingerprint density at radius 2 is 1.96 bits per heavy atom. The zero-order valence-electron chi connectivity index (χ0n) is 14.2. The lowest BCUT2D eigenvalue weighted by molar-refractivity contribution is -0.132. The molecule has 1 aliphatic rings. The molecule has 1 aliphatic heterocycles. The molecule has 25 heavy (non-hydrogen) atoms. The average molecular weight is 431 g/mol. The maximum atomic E-state index is 12.5. The molecule has 0 radical (unpaired) electrons. The molecule has 1 unspecified atom stereocenters. The van der Waals surface area contributed by atoms with Crippen molar-refractivity contribution in [3.05, 3.63) is 34.3 Å². The number of rotatable bonds is 7. The van der Waals surface area contributed by atoms with E-state index in [1.165, 1.54) is 0 Å². The van der Waals surface area contributed by atoms with E-state index in [1.54, 1.807) is 29.2 Å². The van der Waals surface area contributed by atoms with Gasteiger partial charge in [0.25, 0.3) is 5.91 Å². The van der Waals surface area contributed by atoms with E-state index in [2.05, 4.69) is 21.2 Å². The third kappa shape index (κ3) is 5.81. The standard InChI is InChI=1S/C17H23BrN2O4S/c1-2-3-9-20(15-8-10-25(23,24)12-15)16(21)11-19-17(22)13-4-6-14(18)7-5-13/h4-7,15H,2-3,8-12H2,1H3,(H,19,22). The van der Waals surface area contributed by atoms with Crippen molar-refractivity contribution in [1.29, 1.82) is 0 Å². The molecule has 1 aromatic rings. The molecule has 1 aromatic carbocycles. The molecular formula is C17H23BrN2O4S. The van der Waals surface area contributed by atoms with Gasteiger partial charge in [-0.15, -0.1) is 0 Å². The number of carbonyl (C=O) groups is 2. The first-order valence-electron chi connectivity index (χ1n) is 8.36. The number of hydrogen-bond donors (Lipinski definition) is 1. The van der Waals surface area contributed by atoms with Gasteiger partial charge in [0.2, 0.25) is 5.91 Å². The van der Waals surface area contributed by atoms with Gasteiger partial charge in [0, 0.05) is 22.6 Å². The average Bonchev–Trinajstić information content (AvgIpc) is 2.93. The molecule has 0 bridgehead atoms. The summed E-state index contributed by atoms with van der Waals surface area (Å²) in [6.07, 6.45) is 2.19. The van der Waals surface area contributed by atoms with Gasteiger partial charge in [-0.1, -0.05) is 29.3 Å². The molecule has 8 heteroatoms. The number of nitrogens with one attached hydrogen (secondary N) is 1. The minimum atomic E-state index is -3.06. The van der Waals surface area contributed by atoms with Crippen LogP contribution >= 0.6 is 15.9 Å². The fourth-order valence-electron chi connectivity index (χ4n) is 2.82. The molecule has 1 N–H and O–H groups in total. The highest BCUT2D eigenvalue weighted by Gasteiger charge is 2.34. The third-order valence-corrected chi connectivity index (χ3v) is 6.51. The van der Waals surface area contributed by atoms with Gasteiger partial charge in [-0.25, -0.2) is 8.42 Å². The van der Waals surface area contributed by atoms with Gasteiger partial charge in [-0.3, -0.25) is 9.59 Å². The number of nitrogens with zero attached hydrogens (tertiary/aromatic N) is 1. The van der Waals surface area contributed by atoms with E-state index in [0.717, 1.165) is 17.3 Å². The molecule has 2 amide bonds. The minimum Gasteiger partial charge on any atom is -0.343 e. The van der Waals surface area contributed by atoms with Gasteiger partial charge >= 0.3 is 0 Å². The molecule has 6 nitrogen and oxygen atoms in total. The van der Waals surface area contributed by atoms with Crippen LogP contribution in [0.2, 0.25) is 0 Å². The molecule has 0 aromatic heterocycles. The van der Waals surface area contributed by atoms with Crippen molar-refractivity contribution in [3.8, 4) is 0 Å². The van der Waals surface area contributed by atoms with E-state index in [4.69, 9.17) is 0 Å². The predicted molar refractivity (Wildman–Crippen MR) is 100 cm³/mol. The van der Waals surface area contributed by atoms with E-state index >= 15 is 0 Å². The van der Waals surface area contributed by atoms with Crippen LogP contribution in [0.5, 0.6) is 0 Å². The smallest absolute Gasteiger partial charge is 0.251 e. The van der Waals surface area contributed by atoms with Gasteiger partial charge in [-0.2, -0.15) is 0 Å². The zero-order chi connectivity index (χ0) is 18.4. The van der Waals surface area contributed by atoms with Crippen LogP contribution in [0.15, 0.2) is 28.7 Å². The monoisotopic (exact) mass is 430 g/mol. The van der Waals surface area contributed by atoms with Crippen molar-refractivity contribution in [1.82, 2.24) is 10.2 Å². The molecule has 1 fully saturated rings. The molecule has 138 valence electrons. The van der Waals surface area contributed by atoms with Crippen LogP contribution in [0.1, 0.15) is 36.5 Å². The number of hydrogen-bond acceptors (Lipinski definition) is 4. The molecule has 1 atom stereocenters. The maximum absolute atomic E-state index is 12.5. The minimum absolute atomic E-state index is 0.0170. The summed E-state index contributed by atoms with van der Waals surface area (Å²) in [5.41, 5.74) is 0.472. The van der Waals surface area contributed by atoms with Crippen LogP contribution in [-0.2, 0) is 14.6 Å². The van der Waals surface area contributed by atoms with Gasteiger partial charge in [0.1, 0.15) is 0 Å². The normalized spacial score (nSPS) is 18.7. The van der Waals surface area contributed by atoms with Gasteiger partial charge in [-0.05, 0) is 37.1 Å². The van der Waals surface area contributed by atoms with Crippen LogP contribution in [0.4, 0.5) is 0 Å². The highest BCUT2D eigenvalue weighted by molar-refractivity contribution is 9.10. The molecular weight excluding hydrogens is 408 g/mol. The number of carbonyl (C=O) groups excluding carboxylic acids is 2. The summed E-state index contributed by atoms with van der Waals surface area (Å²) in [5, 5.41) is 2.62. The van der Waals surface area contributed by atoms with Crippen LogP contribution in [0.25, 0.3) is 0 Å². The summed E-state index contributed by atoms with van der Waals surface area (Å²) < 4.78 is 24.3. The fourth-order valence-corrected chi connectivity index (χ4v) is 4.82. The molecule has 0 aliphatic carbocycles. The van der Waals surface area contributed by atoms with Gasteiger partial charge in [0.15, 0.2) is 9.84 Å². The Morgan fingerprint density at radius 3 is 2.52 bits per heavy atom. The van der Waals surface area contributed by atoms with Gasteiger partial charge < -0.3 is 10.2 Å². The highest BCUT2D eigenvalue weighted by Crippen LogP contribution is 2.18. The Kier molecular flexibility index (Phi) is 7.01. The fraction of sp³-hybridized carbons (Fsp3) is 0.529. The SMILES string of the molecule is CCCCN(C(=O)CNC(=O)c1ccc(Br)cc1)C1CCS(=O)(=O)C1. The second kappa shape index (κ2) is 8.80. The summed E-state index contributed by atoms with van der Waals surface area (Å²) >= 11 is 3.31. The first-order chi connectivity index (χ1) is 11.8. The lowest BCUT2D eigenvalue weighted by Crippen LogP contribution is -2.46. The first kappa shape index (κ1) is 19.9. The first-order valence-corrected chi connectivity index (χ1v) is 11.0. The number of sulfone groups is 1. The van der Waals surface area contributed by atoms with Crippen molar-refractivity contribution in [2.75, 3.05) is 24.6 Å². The number of unbranched alkanes of at least 4 members (excludes halogenated alkanes) is 1. The van der Waals surface area contributed by atoms with Crippen LogP contribution in [-0.4, -0.2) is 55.8 Å². The van der Waals surface area contributed by atoms with Gasteiger partial charge in [0.05, 0.1) is 18.1 Å². The summed E-state index contributed by atoms with van der Waals surface area (Å²) in [6.45, 7) is 2.40. The van der Waals surface area contributed by atoms with E-state index in [1.807, 2.05) is 6.92 Å². The van der Waals surface area contributed by atoms with Crippen LogP contribution in [0, 0.1) is 0 Å². The van der Waals surface area contributed by atoms with Crippen molar-refractivity contribution < 1.29 is 18.0 Å². The largest absolute Gasteiger partial charge is 0.343 e. The Bertz CT molecular complexity index is 719. The summed E-state index contributed by atoms with van der Waals surface area (Å²) in [6, 6.07) is 6.57.